The second-order valence-corrected chi connectivity index (χ2v) is 7.91. The van der Waals surface area contributed by atoms with Gasteiger partial charge in [0.05, 0.1) is 7.11 Å². The lowest BCUT2D eigenvalue weighted by Gasteiger charge is -2.22. The van der Waals surface area contributed by atoms with Crippen molar-refractivity contribution in [1.82, 2.24) is 10.2 Å². The average molecular weight is 439 g/mol. The molecule has 2 aliphatic rings. The number of fused-ring (bicyclic) bond motifs is 1. The maximum atomic E-state index is 12.9. The van der Waals surface area contributed by atoms with E-state index >= 15 is 0 Å². The van der Waals surface area contributed by atoms with E-state index in [1.807, 2.05) is 24.3 Å². The molecule has 2 aromatic rings. The summed E-state index contributed by atoms with van der Waals surface area (Å²) in [6.45, 7) is 2.21. The van der Waals surface area contributed by atoms with Crippen LogP contribution in [0.25, 0.3) is 0 Å². The van der Waals surface area contributed by atoms with Gasteiger partial charge in [0.2, 0.25) is 5.91 Å². The quantitative estimate of drug-likeness (QED) is 0.642. The highest BCUT2D eigenvalue weighted by atomic mass is 16.6. The number of urea groups is 1. The highest BCUT2D eigenvalue weighted by Gasteiger charge is 2.47. The predicted octanol–water partition coefficient (Wildman–Crippen LogP) is 2.35. The van der Waals surface area contributed by atoms with Gasteiger partial charge in [-0.1, -0.05) is 12.1 Å². The molecule has 9 nitrogen and oxygen atoms in total. The van der Waals surface area contributed by atoms with Crippen molar-refractivity contribution in [2.24, 2.45) is 0 Å². The molecule has 1 saturated heterocycles. The number of nitrogens with zero attached hydrogens (tertiary/aromatic N) is 1. The molecule has 4 amide bonds. The lowest BCUT2D eigenvalue weighted by atomic mass is 9.93. The van der Waals surface area contributed by atoms with Crippen LogP contribution in [0, 0.1) is 0 Å². The number of amides is 4. The molecule has 168 valence electrons. The topological polar surface area (TPSA) is 106 Å². The van der Waals surface area contributed by atoms with Crippen LogP contribution in [-0.4, -0.2) is 55.2 Å². The zero-order valence-corrected chi connectivity index (χ0v) is 18.0. The average Bonchev–Trinajstić information content (AvgIpc) is 3.01. The molecule has 2 aromatic carbocycles. The van der Waals surface area contributed by atoms with E-state index in [1.54, 1.807) is 32.2 Å². The predicted molar refractivity (Wildman–Crippen MR) is 116 cm³/mol. The van der Waals surface area contributed by atoms with E-state index in [4.69, 9.17) is 14.2 Å². The minimum atomic E-state index is -1.08. The third-order valence-electron chi connectivity index (χ3n) is 5.55. The number of hydrogen-bond acceptors (Lipinski definition) is 6. The van der Waals surface area contributed by atoms with Crippen LogP contribution in [0.4, 0.5) is 10.5 Å². The number of benzene rings is 2. The molecule has 0 unspecified atom stereocenters. The molecule has 0 spiro atoms. The van der Waals surface area contributed by atoms with Crippen molar-refractivity contribution in [3.8, 4) is 17.2 Å². The fourth-order valence-electron chi connectivity index (χ4n) is 3.71. The largest absolute Gasteiger partial charge is 0.497 e. The Morgan fingerprint density at radius 1 is 1.12 bits per heavy atom. The molecule has 1 fully saturated rings. The fourth-order valence-corrected chi connectivity index (χ4v) is 3.71. The Balaban J connectivity index is 1.36. The number of anilines is 1. The summed E-state index contributed by atoms with van der Waals surface area (Å²) in [5.74, 6) is 0.990. The van der Waals surface area contributed by atoms with E-state index in [-0.39, 0.29) is 6.54 Å². The molecule has 0 radical (unpaired) electrons. The van der Waals surface area contributed by atoms with Gasteiger partial charge in [-0.25, -0.2) is 4.79 Å². The Kier molecular flexibility index (Phi) is 5.89. The lowest BCUT2D eigenvalue weighted by molar-refractivity contribution is -0.133. The molecule has 0 saturated carbocycles. The summed E-state index contributed by atoms with van der Waals surface area (Å²) < 4.78 is 16.1. The van der Waals surface area contributed by atoms with Gasteiger partial charge < -0.3 is 24.8 Å². The van der Waals surface area contributed by atoms with Crippen LogP contribution in [0.5, 0.6) is 17.2 Å². The first-order valence-corrected chi connectivity index (χ1v) is 10.3. The van der Waals surface area contributed by atoms with E-state index in [0.29, 0.717) is 43.2 Å². The van der Waals surface area contributed by atoms with Crippen molar-refractivity contribution < 1.29 is 28.6 Å². The van der Waals surface area contributed by atoms with Crippen LogP contribution < -0.4 is 24.8 Å². The monoisotopic (exact) mass is 439 g/mol. The van der Waals surface area contributed by atoms with Crippen LogP contribution in [0.3, 0.4) is 0 Å². The van der Waals surface area contributed by atoms with Gasteiger partial charge in [0.25, 0.3) is 5.91 Å². The number of methoxy groups -OCH3 is 1. The van der Waals surface area contributed by atoms with Crippen molar-refractivity contribution in [2.75, 3.05) is 32.2 Å². The second kappa shape index (κ2) is 8.78. The van der Waals surface area contributed by atoms with E-state index in [1.165, 1.54) is 0 Å². The van der Waals surface area contributed by atoms with Crippen LogP contribution in [-0.2, 0) is 16.0 Å². The minimum Gasteiger partial charge on any atom is -0.497 e. The number of ether oxygens (including phenoxy) is 3. The van der Waals surface area contributed by atoms with Crippen molar-refractivity contribution >= 4 is 23.5 Å². The number of aryl methyl sites for hydroxylation is 1. The standard InChI is InChI=1S/C23H25N3O6/c1-23(10-9-15-3-6-17(30-2)7-4-15)21(28)26(22(29)25-23)14-20(27)24-16-5-8-18-19(13-16)32-12-11-31-18/h3-8,13H,9-12,14H2,1-2H3,(H,24,27)(H,25,29)/t23-/m1/s1. The van der Waals surface area contributed by atoms with Crippen molar-refractivity contribution in [3.63, 3.8) is 0 Å². The Morgan fingerprint density at radius 3 is 2.56 bits per heavy atom. The van der Waals surface area contributed by atoms with Crippen LogP contribution >= 0.6 is 0 Å². The molecule has 32 heavy (non-hydrogen) atoms. The SMILES string of the molecule is COc1ccc(CC[C@@]2(C)NC(=O)N(CC(=O)Nc3ccc4c(c3)OCCO4)C2=O)cc1. The van der Waals surface area contributed by atoms with Gasteiger partial charge in [0.15, 0.2) is 11.5 Å². The van der Waals surface area contributed by atoms with Gasteiger partial charge in [-0.3, -0.25) is 14.5 Å². The van der Waals surface area contributed by atoms with Crippen LogP contribution in [0.1, 0.15) is 18.9 Å². The zero-order valence-electron chi connectivity index (χ0n) is 18.0. The van der Waals surface area contributed by atoms with Crippen LogP contribution in [0.2, 0.25) is 0 Å². The van der Waals surface area contributed by atoms with Gasteiger partial charge in [-0.2, -0.15) is 0 Å². The van der Waals surface area contributed by atoms with E-state index in [0.717, 1.165) is 16.2 Å². The fraction of sp³-hybridized carbons (Fsp3) is 0.348. The smallest absolute Gasteiger partial charge is 0.325 e. The van der Waals surface area contributed by atoms with E-state index in [2.05, 4.69) is 10.6 Å². The first-order chi connectivity index (χ1) is 15.4. The molecular formula is C23H25N3O6. The number of carbonyl (C=O) groups excluding carboxylic acids is 3. The third-order valence-corrected chi connectivity index (χ3v) is 5.55. The summed E-state index contributed by atoms with van der Waals surface area (Å²) in [4.78, 5) is 38.8. The molecule has 2 N–H and O–H groups in total. The van der Waals surface area contributed by atoms with Gasteiger partial charge in [0, 0.05) is 11.8 Å². The molecule has 0 aromatic heterocycles. The second-order valence-electron chi connectivity index (χ2n) is 7.91. The first-order valence-electron chi connectivity index (χ1n) is 10.3. The Morgan fingerprint density at radius 2 is 1.84 bits per heavy atom. The minimum absolute atomic E-state index is 0.378. The van der Waals surface area contributed by atoms with E-state index < -0.39 is 23.4 Å². The molecule has 0 aliphatic carbocycles. The van der Waals surface area contributed by atoms with Crippen molar-refractivity contribution in [1.29, 1.82) is 0 Å². The van der Waals surface area contributed by atoms with Crippen molar-refractivity contribution in [3.05, 3.63) is 48.0 Å². The van der Waals surface area contributed by atoms with Gasteiger partial charge in [0.1, 0.15) is 31.0 Å². The molecule has 1 atom stereocenters. The van der Waals surface area contributed by atoms with Crippen LogP contribution in [0.15, 0.2) is 42.5 Å². The maximum absolute atomic E-state index is 12.9. The van der Waals surface area contributed by atoms with Gasteiger partial charge >= 0.3 is 6.03 Å². The number of nitrogens with one attached hydrogen (secondary N) is 2. The molecule has 0 bridgehead atoms. The maximum Gasteiger partial charge on any atom is 0.325 e. The Labute approximate surface area is 185 Å². The molecule has 2 heterocycles. The Hall–Kier alpha value is -3.75. The Bertz CT molecular complexity index is 1040. The summed E-state index contributed by atoms with van der Waals surface area (Å²) in [7, 11) is 1.60. The summed E-state index contributed by atoms with van der Waals surface area (Å²) in [5.41, 5.74) is 0.436. The zero-order chi connectivity index (χ0) is 22.7. The van der Waals surface area contributed by atoms with E-state index in [9.17, 15) is 14.4 Å². The van der Waals surface area contributed by atoms with Crippen molar-refractivity contribution in [2.45, 2.75) is 25.3 Å². The van der Waals surface area contributed by atoms with Gasteiger partial charge in [-0.05, 0) is 49.6 Å². The molecular weight excluding hydrogens is 414 g/mol. The normalized spacial score (nSPS) is 19.5. The first kappa shape index (κ1) is 21.5. The number of hydrogen-bond donors (Lipinski definition) is 2. The molecule has 2 aliphatic heterocycles. The summed E-state index contributed by atoms with van der Waals surface area (Å²) in [6.07, 6.45) is 0.994. The number of carbonyl (C=O) groups is 3. The summed E-state index contributed by atoms with van der Waals surface area (Å²) >= 11 is 0. The highest BCUT2D eigenvalue weighted by Crippen LogP contribution is 2.32. The number of imide groups is 1. The van der Waals surface area contributed by atoms with Gasteiger partial charge in [-0.15, -0.1) is 0 Å². The third kappa shape index (κ3) is 4.46. The molecule has 9 heteroatoms. The lowest BCUT2D eigenvalue weighted by Crippen LogP contribution is -2.45. The number of rotatable bonds is 7. The summed E-state index contributed by atoms with van der Waals surface area (Å²) in [6, 6.07) is 12.0. The highest BCUT2D eigenvalue weighted by molar-refractivity contribution is 6.09. The molecule has 4 rings (SSSR count). The summed E-state index contributed by atoms with van der Waals surface area (Å²) in [5, 5.41) is 5.43.